The number of fused-ring (bicyclic) bond motifs is 10. The first-order valence-electron chi connectivity index (χ1n) is 17.8. The van der Waals surface area contributed by atoms with Crippen LogP contribution in [0.2, 0.25) is 0 Å². The minimum atomic E-state index is -3.58. The fraction of sp³-hybridized carbons (Fsp3) is 0.667. The number of nitrogens with zero attached hydrogens (tertiary/aromatic N) is 1. The molecule has 1 heterocycles. The monoisotopic (exact) mass is 681 g/mol. The van der Waals surface area contributed by atoms with Crippen molar-refractivity contribution in [1.82, 2.24) is 4.31 Å². The van der Waals surface area contributed by atoms with Crippen LogP contribution in [0, 0.1) is 35.5 Å². The first-order valence-corrected chi connectivity index (χ1v) is 20.4. The Morgan fingerprint density at radius 1 is 1.04 bits per heavy atom. The lowest BCUT2D eigenvalue weighted by atomic mass is 9.45. The topological polar surface area (TPSA) is 94.9 Å². The third-order valence-corrected chi connectivity index (χ3v) is 15.4. The molecular weight excluding hydrogens is 627 g/mol. The minimum Gasteiger partial charge on any atom is -0.393 e. The number of rotatable bonds is 7. The molecule has 0 saturated heterocycles. The van der Waals surface area contributed by atoms with E-state index in [1.165, 1.54) is 29.6 Å². The van der Waals surface area contributed by atoms with Crippen LogP contribution in [0.5, 0.6) is 0 Å². The Morgan fingerprint density at radius 3 is 2.47 bits per heavy atom. The van der Waals surface area contributed by atoms with Gasteiger partial charge >= 0.3 is 0 Å². The second kappa shape index (κ2) is 12.8. The highest BCUT2D eigenvalue weighted by molar-refractivity contribution is 7.88. The van der Waals surface area contributed by atoms with Gasteiger partial charge in [-0.05, 0) is 136 Å². The second-order valence-electron chi connectivity index (χ2n) is 16.4. The molecule has 4 fully saturated rings. The Kier molecular flexibility index (Phi) is 9.53. The van der Waals surface area contributed by atoms with Gasteiger partial charge in [-0.2, -0.15) is 4.31 Å². The Labute approximate surface area is 286 Å². The van der Waals surface area contributed by atoms with Gasteiger partial charge in [0, 0.05) is 28.9 Å². The average Bonchev–Trinajstić information content (AvgIpc) is 3.55. The van der Waals surface area contributed by atoms with E-state index in [1.807, 2.05) is 31.2 Å². The van der Waals surface area contributed by atoms with Crippen LogP contribution < -0.4 is 0 Å². The standard InChI is InChI=1S/C39H55NO5S2/c1-25-8-7-18-38(5)33(31-15-11-27(20-30(41)14-9-25)21-32(31)36(42)35-16-10-26(2)46-35)17-19-39(38,43)24-40(47(6,44)45)23-28-12-13-29-22-34(28)37(29,3)4/h8,10-11,15-16,21,28-30,33-34,41,43H,7,9,12-14,17-20,22-24H2,1-6H3. The summed E-state index contributed by atoms with van der Waals surface area (Å²) in [5.41, 5.74) is 2.03. The first kappa shape index (κ1) is 35.0. The lowest BCUT2D eigenvalue weighted by Crippen LogP contribution is -2.58. The van der Waals surface area contributed by atoms with Gasteiger partial charge in [-0.3, -0.25) is 4.79 Å². The van der Waals surface area contributed by atoms with Crippen molar-refractivity contribution in [2.75, 3.05) is 19.3 Å². The van der Waals surface area contributed by atoms with Gasteiger partial charge in [0.05, 0.1) is 22.8 Å². The van der Waals surface area contributed by atoms with Crippen molar-refractivity contribution in [1.29, 1.82) is 0 Å². The van der Waals surface area contributed by atoms with E-state index in [0.29, 0.717) is 60.9 Å². The highest BCUT2D eigenvalue weighted by atomic mass is 32.2. The summed E-state index contributed by atoms with van der Waals surface area (Å²) >= 11 is 1.49. The molecule has 8 heteroatoms. The average molecular weight is 682 g/mol. The highest BCUT2D eigenvalue weighted by Crippen LogP contribution is 2.62. The summed E-state index contributed by atoms with van der Waals surface area (Å²) in [7, 11) is -3.58. The normalized spacial score (nSPS) is 34.0. The number of allylic oxidation sites excluding steroid dienone is 2. The Bertz CT molecular complexity index is 1640. The van der Waals surface area contributed by atoms with Crippen LogP contribution in [0.25, 0.3) is 0 Å². The van der Waals surface area contributed by atoms with Crippen molar-refractivity contribution in [3.05, 3.63) is 68.4 Å². The van der Waals surface area contributed by atoms with Crippen LogP contribution >= 0.6 is 11.3 Å². The molecule has 0 amide bonds. The SMILES string of the molecule is CC1=CCCC2(C)C(CCC2(O)CN(CC2CCC3CC2C3(C)C)S(C)(=O)=O)c2ccc(cc2C(=O)c2ccc(C)s2)CC(O)CC1. The molecule has 4 saturated carbocycles. The highest BCUT2D eigenvalue weighted by Gasteiger charge is 2.59. The van der Waals surface area contributed by atoms with Crippen LogP contribution in [-0.2, 0) is 16.4 Å². The maximum Gasteiger partial charge on any atom is 0.211 e. The number of ketones is 1. The van der Waals surface area contributed by atoms with Crippen molar-refractivity contribution in [3.63, 3.8) is 0 Å². The summed E-state index contributed by atoms with van der Waals surface area (Å²) in [6, 6.07) is 9.94. The molecule has 6 nitrogen and oxygen atoms in total. The summed E-state index contributed by atoms with van der Waals surface area (Å²) in [5, 5.41) is 23.7. The first-order chi connectivity index (χ1) is 22.0. The summed E-state index contributed by atoms with van der Waals surface area (Å²) in [6.07, 6.45) is 10.8. The molecule has 258 valence electrons. The summed E-state index contributed by atoms with van der Waals surface area (Å²) < 4.78 is 28.5. The van der Waals surface area contributed by atoms with E-state index in [2.05, 4.69) is 39.8 Å². The lowest BCUT2D eigenvalue weighted by Gasteiger charge is -2.60. The number of hydrogen-bond acceptors (Lipinski definition) is 6. The van der Waals surface area contributed by atoms with Gasteiger partial charge in [-0.15, -0.1) is 11.3 Å². The van der Waals surface area contributed by atoms with E-state index in [0.717, 1.165) is 47.6 Å². The molecule has 47 heavy (non-hydrogen) atoms. The summed E-state index contributed by atoms with van der Waals surface area (Å²) in [5.74, 6) is 1.40. The van der Waals surface area contributed by atoms with Crippen molar-refractivity contribution < 1.29 is 23.4 Å². The molecule has 7 unspecified atom stereocenters. The van der Waals surface area contributed by atoms with Crippen LogP contribution in [0.15, 0.2) is 42.0 Å². The van der Waals surface area contributed by atoms with Gasteiger partial charge in [0.2, 0.25) is 15.8 Å². The number of carbonyl (C=O) groups excluding carboxylic acids is 1. The Morgan fingerprint density at radius 2 is 1.81 bits per heavy atom. The predicted octanol–water partition coefficient (Wildman–Crippen LogP) is 7.66. The van der Waals surface area contributed by atoms with E-state index in [9.17, 15) is 23.4 Å². The number of sulfonamides is 1. The van der Waals surface area contributed by atoms with E-state index in [4.69, 9.17) is 0 Å². The number of benzene rings is 1. The quantitative estimate of drug-likeness (QED) is 0.231. The number of aliphatic hydroxyl groups excluding tert-OH is 1. The molecule has 0 radical (unpaired) electrons. The van der Waals surface area contributed by atoms with Crippen LogP contribution in [-0.4, -0.2) is 59.8 Å². The van der Waals surface area contributed by atoms with Crippen molar-refractivity contribution in [3.8, 4) is 0 Å². The maximum atomic E-state index is 14.2. The molecule has 2 N–H and O–H groups in total. The van der Waals surface area contributed by atoms with Crippen LogP contribution in [0.1, 0.15) is 123 Å². The Balaban J connectivity index is 1.39. The molecule has 8 rings (SSSR count). The number of hydrogen-bond donors (Lipinski definition) is 2. The van der Waals surface area contributed by atoms with Gasteiger partial charge in [-0.25, -0.2) is 8.42 Å². The van der Waals surface area contributed by atoms with E-state index in [1.54, 1.807) is 4.31 Å². The summed E-state index contributed by atoms with van der Waals surface area (Å²) in [6.45, 7) is 11.5. The van der Waals surface area contributed by atoms with Gasteiger partial charge < -0.3 is 10.2 Å². The third-order valence-electron chi connectivity index (χ3n) is 13.2. The number of carbonyl (C=O) groups is 1. The smallest absolute Gasteiger partial charge is 0.211 e. The zero-order valence-electron chi connectivity index (χ0n) is 29.2. The van der Waals surface area contributed by atoms with Gasteiger partial charge in [0.25, 0.3) is 0 Å². The van der Waals surface area contributed by atoms with Gasteiger partial charge in [-0.1, -0.05) is 44.6 Å². The van der Waals surface area contributed by atoms with Crippen molar-refractivity contribution in [2.45, 2.75) is 116 Å². The van der Waals surface area contributed by atoms with E-state index >= 15 is 0 Å². The van der Waals surface area contributed by atoms with Crippen molar-refractivity contribution >= 4 is 27.1 Å². The summed E-state index contributed by atoms with van der Waals surface area (Å²) in [4.78, 5) is 16.0. The predicted molar refractivity (Wildman–Crippen MR) is 190 cm³/mol. The zero-order valence-corrected chi connectivity index (χ0v) is 30.9. The Hall–Kier alpha value is -1.84. The molecule has 0 aliphatic heterocycles. The van der Waals surface area contributed by atoms with E-state index in [-0.39, 0.29) is 23.7 Å². The molecule has 6 aliphatic rings. The third kappa shape index (κ3) is 6.59. The number of aliphatic hydroxyl groups is 2. The number of thiophene rings is 1. The molecule has 0 spiro atoms. The maximum absolute atomic E-state index is 14.2. The molecule has 7 atom stereocenters. The molecule has 1 aromatic heterocycles. The lowest BCUT2D eigenvalue weighted by molar-refractivity contribution is -0.114. The molecule has 1 aromatic carbocycles. The van der Waals surface area contributed by atoms with Crippen molar-refractivity contribution in [2.24, 2.45) is 28.6 Å². The minimum absolute atomic E-state index is 0.0217. The molecule has 2 aromatic rings. The molecular formula is C39H55NO5S2. The van der Waals surface area contributed by atoms with Gasteiger partial charge in [0.1, 0.15) is 0 Å². The molecule has 6 aliphatic carbocycles. The molecule has 4 bridgehead atoms. The fourth-order valence-corrected chi connectivity index (χ4v) is 11.7. The largest absolute Gasteiger partial charge is 0.393 e. The van der Waals surface area contributed by atoms with E-state index < -0.39 is 27.1 Å². The van der Waals surface area contributed by atoms with Gasteiger partial charge in [0.15, 0.2) is 0 Å². The zero-order chi connectivity index (χ0) is 33.9. The fourth-order valence-electron chi connectivity index (χ4n) is 9.94. The van der Waals surface area contributed by atoms with Crippen LogP contribution in [0.3, 0.4) is 0 Å². The second-order valence-corrected chi connectivity index (χ2v) is 19.7. The number of aryl methyl sites for hydroxylation is 1. The van der Waals surface area contributed by atoms with Crippen LogP contribution in [0.4, 0.5) is 0 Å².